The molecule has 1 aliphatic heterocycles. The number of aromatic nitrogens is 2. The van der Waals surface area contributed by atoms with Crippen molar-refractivity contribution in [2.45, 2.75) is 32.6 Å². The molecule has 0 aromatic carbocycles. The van der Waals surface area contributed by atoms with Crippen LogP contribution >= 0.6 is 15.9 Å². The molecule has 1 aliphatic rings. The zero-order valence-corrected chi connectivity index (χ0v) is 13.5. The Labute approximate surface area is 122 Å². The summed E-state index contributed by atoms with van der Waals surface area (Å²) in [5.74, 6) is 1.75. The van der Waals surface area contributed by atoms with Gasteiger partial charge in [-0.05, 0) is 35.7 Å². The Bertz CT molecular complexity index is 575. The van der Waals surface area contributed by atoms with Crippen molar-refractivity contribution in [1.29, 1.82) is 0 Å². The third-order valence-corrected chi connectivity index (χ3v) is 5.82. The Balaban J connectivity index is 2.38. The highest BCUT2D eigenvalue weighted by Gasteiger charge is 2.31. The molecule has 5 nitrogen and oxygen atoms in total. The summed E-state index contributed by atoms with van der Waals surface area (Å²) in [6.45, 7) is 4.79. The van der Waals surface area contributed by atoms with Gasteiger partial charge < -0.3 is 5.32 Å². The van der Waals surface area contributed by atoms with E-state index in [0.717, 1.165) is 29.0 Å². The van der Waals surface area contributed by atoms with E-state index >= 15 is 0 Å². The van der Waals surface area contributed by atoms with Crippen LogP contribution in [0, 0.1) is 0 Å². The summed E-state index contributed by atoms with van der Waals surface area (Å²) in [7, 11) is -2.91. The van der Waals surface area contributed by atoms with Crippen molar-refractivity contribution < 1.29 is 8.42 Å². The van der Waals surface area contributed by atoms with E-state index in [2.05, 4.69) is 31.2 Å². The maximum atomic E-state index is 11.6. The van der Waals surface area contributed by atoms with E-state index in [1.54, 1.807) is 0 Å². The second-order valence-electron chi connectivity index (χ2n) is 4.67. The summed E-state index contributed by atoms with van der Waals surface area (Å²) in [5.41, 5.74) is 0.922. The molecule has 106 valence electrons. The molecule has 1 saturated heterocycles. The first-order valence-electron chi connectivity index (χ1n) is 6.47. The lowest BCUT2D eigenvalue weighted by atomic mass is 10.1. The van der Waals surface area contributed by atoms with E-state index in [1.807, 2.05) is 13.8 Å². The molecule has 2 rings (SSSR count). The molecule has 1 atom stereocenters. The fourth-order valence-corrected chi connectivity index (χ4v) is 4.55. The van der Waals surface area contributed by atoms with Gasteiger partial charge in [0.05, 0.1) is 21.7 Å². The Hall–Kier alpha value is -0.690. The van der Waals surface area contributed by atoms with E-state index in [1.165, 1.54) is 0 Å². The van der Waals surface area contributed by atoms with Crippen molar-refractivity contribution in [1.82, 2.24) is 9.97 Å². The summed E-state index contributed by atoms with van der Waals surface area (Å²) < 4.78 is 24.0. The van der Waals surface area contributed by atoms with Crippen LogP contribution in [-0.2, 0) is 16.3 Å². The van der Waals surface area contributed by atoms with Crippen LogP contribution in [0.5, 0.6) is 0 Å². The summed E-state index contributed by atoms with van der Waals surface area (Å²) in [6, 6.07) is 0. The number of nitrogens with zero attached hydrogens (tertiary/aromatic N) is 2. The number of sulfone groups is 1. The highest BCUT2D eigenvalue weighted by atomic mass is 79.9. The van der Waals surface area contributed by atoms with Crippen LogP contribution in [0.2, 0.25) is 0 Å². The Morgan fingerprint density at radius 1 is 1.37 bits per heavy atom. The predicted octanol–water partition coefficient (Wildman–Crippen LogP) is 2.14. The van der Waals surface area contributed by atoms with Crippen LogP contribution in [0.15, 0.2) is 4.47 Å². The summed E-state index contributed by atoms with van der Waals surface area (Å²) in [6.07, 6.45) is 1.41. The average molecular weight is 348 g/mol. The van der Waals surface area contributed by atoms with E-state index in [-0.39, 0.29) is 17.4 Å². The van der Waals surface area contributed by atoms with Gasteiger partial charge in [-0.25, -0.2) is 18.4 Å². The van der Waals surface area contributed by atoms with Gasteiger partial charge in [0.25, 0.3) is 0 Å². The first-order chi connectivity index (χ1) is 8.96. The summed E-state index contributed by atoms with van der Waals surface area (Å²) >= 11 is 3.50. The van der Waals surface area contributed by atoms with Crippen molar-refractivity contribution in [3.63, 3.8) is 0 Å². The van der Waals surface area contributed by atoms with Gasteiger partial charge in [-0.3, -0.25) is 0 Å². The lowest BCUT2D eigenvalue weighted by Crippen LogP contribution is -2.12. The molecule has 0 aliphatic carbocycles. The smallest absolute Gasteiger partial charge is 0.151 e. The third kappa shape index (κ3) is 3.25. The highest BCUT2D eigenvalue weighted by Crippen LogP contribution is 2.31. The van der Waals surface area contributed by atoms with Crippen LogP contribution < -0.4 is 5.32 Å². The van der Waals surface area contributed by atoms with E-state index in [0.29, 0.717) is 12.2 Å². The number of aryl methyl sites for hydroxylation is 1. The van der Waals surface area contributed by atoms with Crippen molar-refractivity contribution >= 4 is 31.6 Å². The zero-order chi connectivity index (χ0) is 14.0. The molecule has 0 amide bonds. The van der Waals surface area contributed by atoms with Gasteiger partial charge >= 0.3 is 0 Å². The van der Waals surface area contributed by atoms with Crippen LogP contribution in [-0.4, -0.2) is 36.4 Å². The van der Waals surface area contributed by atoms with Gasteiger partial charge in [0.2, 0.25) is 0 Å². The van der Waals surface area contributed by atoms with Gasteiger partial charge in [-0.2, -0.15) is 0 Å². The van der Waals surface area contributed by atoms with Crippen LogP contribution in [0.3, 0.4) is 0 Å². The average Bonchev–Trinajstić information content (AvgIpc) is 2.72. The second kappa shape index (κ2) is 5.75. The maximum absolute atomic E-state index is 11.6. The molecule has 0 saturated carbocycles. The second-order valence-corrected chi connectivity index (χ2v) is 7.70. The zero-order valence-electron chi connectivity index (χ0n) is 11.1. The molecule has 7 heteroatoms. The third-order valence-electron chi connectivity index (χ3n) is 3.21. The number of hydrogen-bond acceptors (Lipinski definition) is 5. The van der Waals surface area contributed by atoms with Gasteiger partial charge in [-0.15, -0.1) is 0 Å². The van der Waals surface area contributed by atoms with Gasteiger partial charge in [0, 0.05) is 12.5 Å². The molecule has 1 N–H and O–H groups in total. The quantitative estimate of drug-likeness (QED) is 0.903. The molecule has 1 fully saturated rings. The van der Waals surface area contributed by atoms with E-state index in [9.17, 15) is 8.42 Å². The van der Waals surface area contributed by atoms with Gasteiger partial charge in [0.15, 0.2) is 9.84 Å². The molecular formula is C12H18BrN3O2S. The Kier molecular flexibility index (Phi) is 4.45. The normalized spacial score (nSPS) is 21.5. The number of rotatable bonds is 4. The van der Waals surface area contributed by atoms with Crippen LogP contribution in [0.25, 0.3) is 0 Å². The fourth-order valence-electron chi connectivity index (χ4n) is 2.21. The standard InChI is InChI=1S/C12H18BrN3O2S/c1-3-9-10(13)12(14-4-2)16-11(15-9)8-5-6-19(17,18)7-8/h8H,3-7H2,1-2H3,(H,14,15,16). The number of nitrogens with one attached hydrogen (secondary N) is 1. The molecule has 2 heterocycles. The fraction of sp³-hybridized carbons (Fsp3) is 0.667. The largest absolute Gasteiger partial charge is 0.369 e. The lowest BCUT2D eigenvalue weighted by molar-refractivity contribution is 0.601. The van der Waals surface area contributed by atoms with Gasteiger partial charge in [0.1, 0.15) is 11.6 Å². The van der Waals surface area contributed by atoms with E-state index in [4.69, 9.17) is 0 Å². The van der Waals surface area contributed by atoms with Crippen molar-refractivity contribution in [3.05, 3.63) is 16.0 Å². The topological polar surface area (TPSA) is 72.0 Å². The first-order valence-corrected chi connectivity index (χ1v) is 9.08. The Morgan fingerprint density at radius 2 is 2.11 bits per heavy atom. The van der Waals surface area contributed by atoms with Crippen molar-refractivity contribution in [2.75, 3.05) is 23.4 Å². The molecule has 1 aromatic rings. The molecule has 0 spiro atoms. The predicted molar refractivity (Wildman–Crippen MR) is 79.3 cm³/mol. The number of halogens is 1. The van der Waals surface area contributed by atoms with Crippen LogP contribution in [0.1, 0.15) is 37.7 Å². The number of anilines is 1. The minimum Gasteiger partial charge on any atom is -0.369 e. The molecule has 0 radical (unpaired) electrons. The van der Waals surface area contributed by atoms with Crippen molar-refractivity contribution in [2.24, 2.45) is 0 Å². The molecule has 1 aromatic heterocycles. The maximum Gasteiger partial charge on any atom is 0.151 e. The Morgan fingerprint density at radius 3 is 2.63 bits per heavy atom. The van der Waals surface area contributed by atoms with E-state index < -0.39 is 9.84 Å². The molecule has 1 unspecified atom stereocenters. The summed E-state index contributed by atoms with van der Waals surface area (Å²) in [5, 5.41) is 3.19. The molecular weight excluding hydrogens is 330 g/mol. The molecule has 0 bridgehead atoms. The SMILES string of the molecule is CCNc1nc(C2CCS(=O)(=O)C2)nc(CC)c1Br. The highest BCUT2D eigenvalue weighted by molar-refractivity contribution is 9.10. The number of hydrogen-bond donors (Lipinski definition) is 1. The molecule has 19 heavy (non-hydrogen) atoms. The lowest BCUT2D eigenvalue weighted by Gasteiger charge is -2.13. The summed E-state index contributed by atoms with van der Waals surface area (Å²) in [4.78, 5) is 9.00. The van der Waals surface area contributed by atoms with Crippen LogP contribution in [0.4, 0.5) is 5.82 Å². The van der Waals surface area contributed by atoms with Gasteiger partial charge in [-0.1, -0.05) is 6.92 Å². The van der Waals surface area contributed by atoms with Crippen molar-refractivity contribution in [3.8, 4) is 0 Å². The minimum absolute atomic E-state index is 0.0687. The monoisotopic (exact) mass is 347 g/mol. The first kappa shape index (κ1) is 14.7. The minimum atomic E-state index is -2.91.